The fourth-order valence-corrected chi connectivity index (χ4v) is 5.91. The van der Waals surface area contributed by atoms with Crippen molar-refractivity contribution in [2.24, 2.45) is 0 Å². The predicted molar refractivity (Wildman–Crippen MR) is 76.9 cm³/mol. The van der Waals surface area contributed by atoms with Gasteiger partial charge < -0.3 is 0 Å². The molecule has 1 unspecified atom stereocenters. The molecular formula is C10H7Br2ClS2. The Morgan fingerprint density at radius 3 is 2.60 bits per heavy atom. The molecule has 2 heterocycles. The molecule has 0 aliphatic heterocycles. The minimum atomic E-state index is 0.193. The summed E-state index contributed by atoms with van der Waals surface area (Å²) in [4.78, 5) is 3.93. The van der Waals surface area contributed by atoms with Crippen molar-refractivity contribution in [3.05, 3.63) is 41.6 Å². The molecule has 5 heteroatoms. The Labute approximate surface area is 119 Å². The van der Waals surface area contributed by atoms with Gasteiger partial charge in [-0.15, -0.1) is 22.7 Å². The first kappa shape index (κ1) is 12.1. The van der Waals surface area contributed by atoms with E-state index >= 15 is 0 Å². The van der Waals surface area contributed by atoms with Crippen LogP contribution in [0.25, 0.3) is 0 Å². The van der Waals surface area contributed by atoms with Crippen LogP contribution in [-0.2, 0) is 0 Å². The maximum atomic E-state index is 6.11. The zero-order chi connectivity index (χ0) is 11.0. The molecular weight excluding hydrogens is 380 g/mol. The zero-order valence-electron chi connectivity index (χ0n) is 7.76. The van der Waals surface area contributed by atoms with E-state index < -0.39 is 0 Å². The topological polar surface area (TPSA) is 0 Å². The van der Waals surface area contributed by atoms with Crippen LogP contribution in [0.4, 0.5) is 0 Å². The molecule has 15 heavy (non-hydrogen) atoms. The lowest BCUT2D eigenvalue weighted by atomic mass is 10.3. The molecule has 0 saturated heterocycles. The third kappa shape index (κ3) is 2.50. The Morgan fingerprint density at radius 1 is 1.40 bits per heavy atom. The second-order valence-electron chi connectivity index (χ2n) is 3.06. The molecule has 0 saturated carbocycles. The van der Waals surface area contributed by atoms with Gasteiger partial charge in [0.1, 0.15) is 0 Å². The van der Waals surface area contributed by atoms with Crippen LogP contribution in [0.3, 0.4) is 0 Å². The fourth-order valence-electron chi connectivity index (χ4n) is 1.28. The number of rotatable bonds is 2. The quantitative estimate of drug-likeness (QED) is 0.554. The molecule has 0 bridgehead atoms. The molecule has 0 spiro atoms. The molecule has 2 aromatic heterocycles. The van der Waals surface area contributed by atoms with Crippen LogP contribution in [0.2, 0.25) is 5.02 Å². The first-order valence-electron chi connectivity index (χ1n) is 4.22. The van der Waals surface area contributed by atoms with Crippen molar-refractivity contribution in [2.45, 2.75) is 11.8 Å². The van der Waals surface area contributed by atoms with Crippen LogP contribution in [0.5, 0.6) is 0 Å². The van der Waals surface area contributed by atoms with E-state index in [1.165, 1.54) is 14.6 Å². The van der Waals surface area contributed by atoms with Crippen molar-refractivity contribution in [3.63, 3.8) is 0 Å². The maximum Gasteiger partial charge on any atom is 0.0857 e. The van der Waals surface area contributed by atoms with Gasteiger partial charge in [0.15, 0.2) is 0 Å². The standard InChI is InChI=1S/C10H7Br2ClS2/c1-5-4-6(11)9(15-5)8(12)10-7(13)2-3-14-10/h2-4,8H,1H3. The van der Waals surface area contributed by atoms with Crippen LogP contribution in [0, 0.1) is 6.92 Å². The Morgan fingerprint density at radius 2 is 2.13 bits per heavy atom. The summed E-state index contributed by atoms with van der Waals surface area (Å²) in [5, 5.41) is 2.85. The van der Waals surface area contributed by atoms with Crippen molar-refractivity contribution in [2.75, 3.05) is 0 Å². The molecule has 1 atom stereocenters. The number of thiophene rings is 2. The van der Waals surface area contributed by atoms with Crippen LogP contribution in [0.1, 0.15) is 19.5 Å². The molecule has 0 aromatic carbocycles. The molecule has 0 aliphatic rings. The zero-order valence-corrected chi connectivity index (χ0v) is 13.3. The average molecular weight is 387 g/mol. The molecule has 0 amide bonds. The highest BCUT2D eigenvalue weighted by atomic mass is 79.9. The minimum Gasteiger partial charge on any atom is -0.146 e. The first-order valence-corrected chi connectivity index (χ1v) is 8.00. The van der Waals surface area contributed by atoms with Gasteiger partial charge in [-0.2, -0.15) is 0 Å². The molecule has 2 rings (SSSR count). The Balaban J connectivity index is 2.40. The fraction of sp³-hybridized carbons (Fsp3) is 0.200. The van der Waals surface area contributed by atoms with Crippen molar-refractivity contribution < 1.29 is 0 Å². The van der Waals surface area contributed by atoms with Gasteiger partial charge in [0, 0.05) is 19.1 Å². The number of aryl methyl sites for hydroxylation is 1. The van der Waals surface area contributed by atoms with Crippen LogP contribution in [0.15, 0.2) is 22.0 Å². The summed E-state index contributed by atoms with van der Waals surface area (Å²) in [5.74, 6) is 0. The largest absolute Gasteiger partial charge is 0.146 e. The van der Waals surface area contributed by atoms with Gasteiger partial charge in [-0.1, -0.05) is 27.5 Å². The summed E-state index contributed by atoms with van der Waals surface area (Å²) in [5.41, 5.74) is 0. The van der Waals surface area contributed by atoms with E-state index in [1.54, 1.807) is 22.7 Å². The van der Waals surface area contributed by atoms with Crippen molar-refractivity contribution >= 4 is 66.1 Å². The van der Waals surface area contributed by atoms with E-state index in [1.807, 2.05) is 11.4 Å². The van der Waals surface area contributed by atoms with E-state index in [2.05, 4.69) is 44.8 Å². The SMILES string of the molecule is Cc1cc(Br)c(C(Br)c2sccc2Cl)s1. The number of alkyl halides is 1. The number of halogens is 3. The molecule has 0 radical (unpaired) electrons. The van der Waals surface area contributed by atoms with Gasteiger partial charge in [0.2, 0.25) is 0 Å². The molecule has 2 aromatic rings. The number of hydrogen-bond donors (Lipinski definition) is 0. The lowest BCUT2D eigenvalue weighted by molar-refractivity contribution is 1.27. The Kier molecular flexibility index (Phi) is 3.94. The normalized spacial score (nSPS) is 13.1. The highest BCUT2D eigenvalue weighted by molar-refractivity contribution is 9.11. The second-order valence-corrected chi connectivity index (χ2v) is 7.48. The summed E-state index contributed by atoms with van der Waals surface area (Å²) < 4.78 is 1.15. The van der Waals surface area contributed by atoms with Gasteiger partial charge in [0.25, 0.3) is 0 Å². The average Bonchev–Trinajstić information content (AvgIpc) is 2.71. The second kappa shape index (κ2) is 4.88. The summed E-state index contributed by atoms with van der Waals surface area (Å²) in [7, 11) is 0. The summed E-state index contributed by atoms with van der Waals surface area (Å²) in [6, 6.07) is 4.07. The van der Waals surface area contributed by atoms with E-state index in [0.29, 0.717) is 0 Å². The Hall–Kier alpha value is 0.650. The van der Waals surface area contributed by atoms with E-state index in [-0.39, 0.29) is 4.83 Å². The highest BCUT2D eigenvalue weighted by Gasteiger charge is 2.19. The first-order chi connectivity index (χ1) is 7.09. The molecule has 0 aliphatic carbocycles. The van der Waals surface area contributed by atoms with Gasteiger partial charge in [0.05, 0.1) is 9.85 Å². The van der Waals surface area contributed by atoms with Gasteiger partial charge in [-0.3, -0.25) is 0 Å². The van der Waals surface area contributed by atoms with Crippen molar-refractivity contribution in [1.29, 1.82) is 0 Å². The van der Waals surface area contributed by atoms with Crippen LogP contribution >= 0.6 is 66.1 Å². The van der Waals surface area contributed by atoms with E-state index in [4.69, 9.17) is 11.6 Å². The highest BCUT2D eigenvalue weighted by Crippen LogP contribution is 2.44. The van der Waals surface area contributed by atoms with Gasteiger partial charge in [-0.05, 0) is 40.4 Å². The van der Waals surface area contributed by atoms with Gasteiger partial charge in [-0.25, -0.2) is 0 Å². The summed E-state index contributed by atoms with van der Waals surface area (Å²) in [6.07, 6.45) is 0. The summed E-state index contributed by atoms with van der Waals surface area (Å²) >= 11 is 16.8. The van der Waals surface area contributed by atoms with Gasteiger partial charge >= 0.3 is 0 Å². The third-order valence-corrected chi connectivity index (χ3v) is 6.92. The van der Waals surface area contributed by atoms with Crippen LogP contribution < -0.4 is 0 Å². The monoisotopic (exact) mass is 384 g/mol. The van der Waals surface area contributed by atoms with Crippen LogP contribution in [-0.4, -0.2) is 0 Å². The third-order valence-electron chi connectivity index (χ3n) is 1.94. The number of hydrogen-bond acceptors (Lipinski definition) is 2. The van der Waals surface area contributed by atoms with E-state index in [0.717, 1.165) is 9.50 Å². The smallest absolute Gasteiger partial charge is 0.0857 e. The summed E-state index contributed by atoms with van der Waals surface area (Å²) in [6.45, 7) is 2.11. The lowest BCUT2D eigenvalue weighted by Crippen LogP contribution is -1.86. The maximum absolute atomic E-state index is 6.11. The molecule has 0 N–H and O–H groups in total. The van der Waals surface area contributed by atoms with Crippen molar-refractivity contribution in [1.82, 2.24) is 0 Å². The molecule has 0 fully saturated rings. The van der Waals surface area contributed by atoms with E-state index in [9.17, 15) is 0 Å². The Bertz CT molecular complexity index is 475. The lowest BCUT2D eigenvalue weighted by Gasteiger charge is -2.06. The molecule has 0 nitrogen and oxygen atoms in total. The van der Waals surface area contributed by atoms with Crippen molar-refractivity contribution in [3.8, 4) is 0 Å². The predicted octanol–water partition coefficient (Wildman–Crippen LogP) is 6.02. The minimum absolute atomic E-state index is 0.193. The molecule has 80 valence electrons.